The van der Waals surface area contributed by atoms with Gasteiger partial charge in [-0.25, -0.2) is 0 Å². The van der Waals surface area contributed by atoms with Crippen molar-refractivity contribution in [1.29, 1.82) is 0 Å². The molecule has 1 heterocycles. The van der Waals surface area contributed by atoms with Gasteiger partial charge >= 0.3 is 5.97 Å². The number of carbonyl (C=O) groups excluding carboxylic acids is 2. The number of ketones is 1. The molecule has 0 radical (unpaired) electrons. The van der Waals surface area contributed by atoms with Crippen molar-refractivity contribution in [3.63, 3.8) is 0 Å². The van der Waals surface area contributed by atoms with Crippen molar-refractivity contribution in [1.82, 2.24) is 0 Å². The van der Waals surface area contributed by atoms with E-state index in [4.69, 9.17) is 14.2 Å². The van der Waals surface area contributed by atoms with Crippen LogP contribution >= 0.6 is 0 Å². The van der Waals surface area contributed by atoms with E-state index in [0.717, 1.165) is 18.4 Å². The predicted molar refractivity (Wildman–Crippen MR) is 191 cm³/mol. The van der Waals surface area contributed by atoms with Gasteiger partial charge < -0.3 is 34.6 Å². The van der Waals surface area contributed by atoms with Crippen LogP contribution in [0, 0.1) is 22.2 Å². The summed E-state index contributed by atoms with van der Waals surface area (Å²) in [6.07, 6.45) is 7.29. The van der Waals surface area contributed by atoms with Gasteiger partial charge in [-0.3, -0.25) is 9.59 Å². The normalized spacial score (nSPS) is 33.6. The Kier molecular flexibility index (Phi) is 7.80. The second-order valence-corrected chi connectivity index (χ2v) is 18.4. The molecular weight excluding hydrogens is 648 g/mol. The summed E-state index contributed by atoms with van der Waals surface area (Å²) in [6.45, 7) is 18.2. The minimum atomic E-state index is -1.53. The zero-order chi connectivity index (χ0) is 37.4. The Balaban J connectivity index is 1.54. The first-order valence-corrected chi connectivity index (χ1v) is 18.4. The van der Waals surface area contributed by atoms with Crippen LogP contribution in [-0.2, 0) is 26.3 Å². The minimum absolute atomic E-state index is 0.0217. The highest BCUT2D eigenvalue weighted by molar-refractivity contribution is 6.11. The number of hydrogen-bond donors (Lipinski definition) is 4. The van der Waals surface area contributed by atoms with Crippen LogP contribution in [0.2, 0.25) is 0 Å². The molecule has 51 heavy (non-hydrogen) atoms. The summed E-state index contributed by atoms with van der Waals surface area (Å²) in [4.78, 5) is 26.4. The van der Waals surface area contributed by atoms with E-state index in [1.54, 1.807) is 19.9 Å². The number of carbonyl (C=O) groups is 2. The van der Waals surface area contributed by atoms with E-state index in [2.05, 4.69) is 19.9 Å². The van der Waals surface area contributed by atoms with E-state index in [1.807, 2.05) is 32.9 Å². The fourth-order valence-corrected chi connectivity index (χ4v) is 10.7. The number of allylic oxidation sites excluding steroid dienone is 5. The van der Waals surface area contributed by atoms with Crippen LogP contribution in [-0.4, -0.2) is 55.6 Å². The molecule has 6 aliphatic rings. The highest BCUT2D eigenvalue weighted by Gasteiger charge is 2.74. The lowest BCUT2D eigenvalue weighted by Crippen LogP contribution is -2.76. The predicted octanol–water partition coefficient (Wildman–Crippen LogP) is 6.92. The molecule has 1 aromatic rings. The average Bonchev–Trinajstić information content (AvgIpc) is 3.14. The second kappa shape index (κ2) is 11.1. The molecule has 276 valence electrons. The van der Waals surface area contributed by atoms with E-state index in [0.29, 0.717) is 59.5 Å². The van der Waals surface area contributed by atoms with E-state index < -0.39 is 63.5 Å². The summed E-state index contributed by atoms with van der Waals surface area (Å²) in [6, 6.07) is 1.87. The summed E-state index contributed by atoms with van der Waals surface area (Å²) >= 11 is 0. The number of rotatable bonds is 3. The van der Waals surface area contributed by atoms with Gasteiger partial charge in [-0.2, -0.15) is 0 Å². The maximum Gasteiger partial charge on any atom is 0.302 e. The van der Waals surface area contributed by atoms with Crippen LogP contribution in [0.4, 0.5) is 0 Å². The van der Waals surface area contributed by atoms with Crippen molar-refractivity contribution >= 4 is 11.8 Å². The Morgan fingerprint density at radius 3 is 2.33 bits per heavy atom. The summed E-state index contributed by atoms with van der Waals surface area (Å²) in [5.74, 6) is -0.601. The molecule has 0 saturated heterocycles. The van der Waals surface area contributed by atoms with Crippen LogP contribution in [0.3, 0.4) is 0 Å². The van der Waals surface area contributed by atoms with Crippen molar-refractivity contribution in [2.45, 2.75) is 143 Å². The maximum absolute atomic E-state index is 13.8. The number of fused-ring (bicyclic) bond motifs is 6. The Hall–Kier alpha value is -3.40. The molecule has 1 spiro atoms. The van der Waals surface area contributed by atoms with Crippen molar-refractivity contribution in [3.8, 4) is 11.5 Å². The van der Waals surface area contributed by atoms with Crippen molar-refractivity contribution < 1.29 is 44.2 Å². The lowest BCUT2D eigenvalue weighted by Gasteiger charge is -2.67. The molecule has 0 bridgehead atoms. The molecule has 0 amide bonds. The van der Waals surface area contributed by atoms with E-state index >= 15 is 0 Å². The van der Waals surface area contributed by atoms with Gasteiger partial charge in [0.15, 0.2) is 29.0 Å². The third-order valence-corrected chi connectivity index (χ3v) is 13.3. The monoisotopic (exact) mass is 702 g/mol. The SMILES string of the molecule is CC(=O)O[C@H]1CC[C@]2(C)C3=C(O)C(=O)C(C(C)(C)O)=CC3=C[C@@H]3Oc4c(C(C)(C)O)cc5c(c4O[C@]32C1(C)C)CC1=CCCC(C)(C)[C@H]1C[C@H]5O. The zero-order valence-electron chi connectivity index (χ0n) is 31.7. The molecule has 5 aliphatic carbocycles. The van der Waals surface area contributed by atoms with Gasteiger partial charge in [0.25, 0.3) is 0 Å². The number of esters is 1. The average molecular weight is 703 g/mol. The fraction of sp³-hybridized carbons (Fsp3) is 0.619. The number of hydrogen-bond acceptors (Lipinski definition) is 9. The molecule has 4 N–H and O–H groups in total. The number of ether oxygens (including phenoxy) is 3. The molecular formula is C42H54O9. The Bertz CT molecular complexity index is 1860. The molecule has 1 saturated carbocycles. The van der Waals surface area contributed by atoms with Crippen molar-refractivity contribution in [3.05, 3.63) is 69.0 Å². The summed E-state index contributed by atoms with van der Waals surface area (Å²) in [7, 11) is 0. The second-order valence-electron chi connectivity index (χ2n) is 18.4. The molecule has 9 heteroatoms. The number of aliphatic hydroxyl groups is 4. The zero-order valence-corrected chi connectivity index (χ0v) is 31.7. The lowest BCUT2D eigenvalue weighted by molar-refractivity contribution is -0.245. The Labute approximate surface area is 301 Å². The molecule has 1 aromatic carbocycles. The molecule has 7 rings (SSSR count). The largest absolute Gasteiger partial charge is 0.504 e. The highest BCUT2D eigenvalue weighted by Crippen LogP contribution is 2.69. The van der Waals surface area contributed by atoms with Crippen molar-refractivity contribution in [2.24, 2.45) is 22.2 Å². The van der Waals surface area contributed by atoms with Gasteiger partial charge in [0.1, 0.15) is 6.10 Å². The quantitative estimate of drug-likeness (QED) is 0.195. The molecule has 1 fully saturated rings. The topological polar surface area (TPSA) is 143 Å². The first-order chi connectivity index (χ1) is 23.5. The van der Waals surface area contributed by atoms with E-state index in [-0.39, 0.29) is 16.9 Å². The smallest absolute Gasteiger partial charge is 0.302 e. The number of benzene rings is 1. The van der Waals surface area contributed by atoms with Crippen LogP contribution < -0.4 is 9.47 Å². The third-order valence-electron chi connectivity index (χ3n) is 13.3. The van der Waals surface area contributed by atoms with Gasteiger partial charge in [-0.1, -0.05) is 46.3 Å². The maximum atomic E-state index is 13.8. The first-order valence-electron chi connectivity index (χ1n) is 18.4. The van der Waals surface area contributed by atoms with Crippen LogP contribution in [0.15, 0.2) is 52.3 Å². The highest BCUT2D eigenvalue weighted by atomic mass is 16.6. The molecule has 6 atom stereocenters. The number of aliphatic hydroxyl groups excluding tert-OH is 2. The summed E-state index contributed by atoms with van der Waals surface area (Å²) in [5.41, 5.74) is -2.14. The minimum Gasteiger partial charge on any atom is -0.504 e. The standard InChI is InChI=1S/C42H54O9/c1-21(43)49-30-13-15-41(10)32-23(17-27(39(6,7)47)33(45)34(32)46)18-31-42(41,38(30,4)5)51-35-25-16-22-12-11-14-37(2,3)26(22)20-29(44)24(25)19-28(36(35)50-31)40(8,9)48/h12,17-19,26,29-31,44,46-48H,11,13-16,20H2,1-10H3/t26-,29+,30-,31-,41+,42-/m0/s1. The number of Topliss-reactive ketones (excluding diaryl/α,β-unsaturated/α-hetero) is 1. The van der Waals surface area contributed by atoms with Gasteiger partial charge in [-0.05, 0) is 107 Å². The molecule has 1 aliphatic heterocycles. The van der Waals surface area contributed by atoms with Gasteiger partial charge in [0.05, 0.1) is 17.3 Å². The van der Waals surface area contributed by atoms with E-state index in [9.17, 15) is 30.0 Å². The third kappa shape index (κ3) is 4.97. The summed E-state index contributed by atoms with van der Waals surface area (Å²) < 4.78 is 20.8. The lowest BCUT2D eigenvalue weighted by atomic mass is 9.44. The van der Waals surface area contributed by atoms with Gasteiger partial charge in [0, 0.05) is 40.0 Å². The Morgan fingerprint density at radius 1 is 1.02 bits per heavy atom. The van der Waals surface area contributed by atoms with Crippen molar-refractivity contribution in [2.75, 3.05) is 0 Å². The molecule has 0 unspecified atom stereocenters. The first kappa shape index (κ1) is 36.0. The van der Waals surface area contributed by atoms with Gasteiger partial charge in [0.2, 0.25) is 5.78 Å². The Morgan fingerprint density at radius 2 is 1.71 bits per heavy atom. The summed E-state index contributed by atoms with van der Waals surface area (Å²) in [5, 5.41) is 46.5. The van der Waals surface area contributed by atoms with Gasteiger partial charge in [-0.15, -0.1) is 0 Å². The molecule has 9 nitrogen and oxygen atoms in total. The molecule has 0 aromatic heterocycles. The van der Waals surface area contributed by atoms with Crippen LogP contribution in [0.5, 0.6) is 11.5 Å². The fourth-order valence-electron chi connectivity index (χ4n) is 10.7. The van der Waals surface area contributed by atoms with E-state index in [1.165, 1.54) is 26.3 Å². The van der Waals surface area contributed by atoms with Crippen LogP contribution in [0.25, 0.3) is 0 Å². The van der Waals surface area contributed by atoms with Crippen LogP contribution in [0.1, 0.15) is 124 Å².